The van der Waals surface area contributed by atoms with Crippen molar-refractivity contribution in [3.05, 3.63) is 35.4 Å². The third kappa shape index (κ3) is 1.92. The number of halogens is 3. The van der Waals surface area contributed by atoms with Crippen molar-refractivity contribution < 1.29 is 22.7 Å². The number of carbonyl (C=O) groups excluding carboxylic acids is 1. The molecular weight excluding hydrogens is 249 g/mol. The first kappa shape index (κ1) is 12.4. The van der Waals surface area contributed by atoms with Crippen LogP contribution in [0.2, 0.25) is 0 Å². The average molecular weight is 258 g/mol. The molecule has 1 aliphatic rings. The van der Waals surface area contributed by atoms with Crippen LogP contribution in [-0.2, 0) is 21.3 Å². The van der Waals surface area contributed by atoms with Crippen LogP contribution in [0.25, 0.3) is 0 Å². The molecular formula is C11H9F3N2O2. The summed E-state index contributed by atoms with van der Waals surface area (Å²) in [6.45, 7) is 1.40. The smallest absolute Gasteiger partial charge is 0.416 e. The monoisotopic (exact) mass is 258 g/mol. The predicted molar refractivity (Wildman–Crippen MR) is 56.5 cm³/mol. The van der Waals surface area contributed by atoms with Crippen LogP contribution in [0.3, 0.4) is 0 Å². The average Bonchev–Trinajstić information content (AvgIpc) is 2.53. The van der Waals surface area contributed by atoms with Gasteiger partial charge in [-0.1, -0.05) is 12.1 Å². The van der Waals surface area contributed by atoms with E-state index in [9.17, 15) is 18.0 Å². The van der Waals surface area contributed by atoms with Gasteiger partial charge in [-0.3, -0.25) is 4.79 Å². The van der Waals surface area contributed by atoms with Crippen molar-refractivity contribution in [3.8, 4) is 0 Å². The van der Waals surface area contributed by atoms with Gasteiger partial charge in [0, 0.05) is 5.56 Å². The quantitative estimate of drug-likeness (QED) is 0.835. The summed E-state index contributed by atoms with van der Waals surface area (Å²) in [7, 11) is 0. The van der Waals surface area contributed by atoms with Crippen LogP contribution in [0.1, 0.15) is 18.1 Å². The number of nitrogens with two attached hydrogens (primary N) is 1. The van der Waals surface area contributed by atoms with Crippen molar-refractivity contribution in [2.75, 3.05) is 0 Å². The van der Waals surface area contributed by atoms with Crippen molar-refractivity contribution in [2.24, 2.45) is 10.7 Å². The minimum absolute atomic E-state index is 0.268. The Morgan fingerprint density at radius 3 is 2.22 bits per heavy atom. The largest absolute Gasteiger partial charge is 0.444 e. The second kappa shape index (κ2) is 3.72. The van der Waals surface area contributed by atoms with E-state index in [1.165, 1.54) is 19.1 Å². The zero-order valence-corrected chi connectivity index (χ0v) is 9.28. The molecule has 4 nitrogen and oxygen atoms in total. The van der Waals surface area contributed by atoms with Crippen LogP contribution >= 0.6 is 0 Å². The number of aliphatic imine (C=N–C) groups is 1. The van der Waals surface area contributed by atoms with E-state index in [1.807, 2.05) is 0 Å². The molecule has 0 saturated heterocycles. The van der Waals surface area contributed by atoms with E-state index in [1.54, 1.807) is 0 Å². The predicted octanol–water partition coefficient (Wildman–Crippen LogP) is 1.79. The molecule has 1 amide bonds. The maximum absolute atomic E-state index is 12.4. The van der Waals surface area contributed by atoms with E-state index in [-0.39, 0.29) is 11.6 Å². The van der Waals surface area contributed by atoms with Gasteiger partial charge in [-0.15, -0.1) is 0 Å². The van der Waals surface area contributed by atoms with E-state index in [0.717, 1.165) is 12.1 Å². The fourth-order valence-corrected chi connectivity index (χ4v) is 1.64. The lowest BCUT2D eigenvalue weighted by atomic mass is 9.94. The summed E-state index contributed by atoms with van der Waals surface area (Å²) >= 11 is 0. The van der Waals surface area contributed by atoms with Crippen molar-refractivity contribution in [2.45, 2.75) is 18.7 Å². The van der Waals surface area contributed by atoms with Gasteiger partial charge in [-0.2, -0.15) is 18.2 Å². The van der Waals surface area contributed by atoms with Gasteiger partial charge in [-0.05, 0) is 19.1 Å². The molecule has 7 heteroatoms. The minimum Gasteiger partial charge on any atom is -0.444 e. The highest BCUT2D eigenvalue weighted by Gasteiger charge is 2.43. The van der Waals surface area contributed by atoms with Gasteiger partial charge >= 0.3 is 6.18 Å². The van der Waals surface area contributed by atoms with Crippen LogP contribution in [-0.4, -0.2) is 11.9 Å². The van der Waals surface area contributed by atoms with Crippen LogP contribution in [0.5, 0.6) is 0 Å². The normalized spacial score (nSPS) is 23.8. The van der Waals surface area contributed by atoms with E-state index in [2.05, 4.69) is 4.99 Å². The molecule has 2 N–H and O–H groups in total. The number of amidine groups is 1. The molecule has 0 saturated carbocycles. The first-order valence-electron chi connectivity index (χ1n) is 4.99. The molecule has 18 heavy (non-hydrogen) atoms. The number of ether oxygens (including phenoxy) is 1. The number of carbonyl (C=O) groups is 1. The Kier molecular flexibility index (Phi) is 2.57. The maximum atomic E-state index is 12.4. The van der Waals surface area contributed by atoms with E-state index in [4.69, 9.17) is 10.5 Å². The van der Waals surface area contributed by atoms with Gasteiger partial charge < -0.3 is 10.5 Å². The zero-order chi connectivity index (χ0) is 13.6. The van der Waals surface area contributed by atoms with Crippen LogP contribution in [0, 0.1) is 0 Å². The standard InChI is InChI=1S/C11H9F3N2O2/c1-10(8(17)16-9(15)18-10)6-2-4-7(5-3-6)11(12,13)14/h2-5H,1H3,(H2,15,16,17). The molecule has 0 bridgehead atoms. The lowest BCUT2D eigenvalue weighted by molar-refractivity contribution is -0.137. The number of nitrogens with zero attached hydrogens (tertiary/aromatic N) is 1. The third-order valence-electron chi connectivity index (χ3n) is 2.69. The topological polar surface area (TPSA) is 64.7 Å². The second-order valence-electron chi connectivity index (χ2n) is 3.97. The highest BCUT2D eigenvalue weighted by molar-refractivity contribution is 6.01. The van der Waals surface area contributed by atoms with E-state index >= 15 is 0 Å². The fraction of sp³-hybridized carbons (Fsp3) is 0.273. The Morgan fingerprint density at radius 1 is 1.28 bits per heavy atom. The summed E-state index contributed by atoms with van der Waals surface area (Å²) in [5.41, 5.74) is 3.29. The Bertz CT molecular complexity index is 522. The molecule has 0 spiro atoms. The first-order valence-corrected chi connectivity index (χ1v) is 4.99. The Morgan fingerprint density at radius 2 is 1.83 bits per heavy atom. The Hall–Kier alpha value is -2.05. The molecule has 96 valence electrons. The fourth-order valence-electron chi connectivity index (χ4n) is 1.64. The van der Waals surface area contributed by atoms with Crippen molar-refractivity contribution in [3.63, 3.8) is 0 Å². The molecule has 1 aromatic rings. The third-order valence-corrected chi connectivity index (χ3v) is 2.69. The number of hydrogen-bond donors (Lipinski definition) is 1. The second-order valence-corrected chi connectivity index (χ2v) is 3.97. The SMILES string of the molecule is CC1(c2ccc(C(F)(F)F)cc2)OC(N)=NC1=O. The minimum atomic E-state index is -4.42. The van der Waals surface area contributed by atoms with E-state index < -0.39 is 23.2 Å². The molecule has 0 radical (unpaired) electrons. The van der Waals surface area contributed by atoms with Gasteiger partial charge in [-0.25, -0.2) is 0 Å². The highest BCUT2D eigenvalue weighted by Crippen LogP contribution is 2.34. The first-order chi connectivity index (χ1) is 8.23. The van der Waals surface area contributed by atoms with Crippen molar-refractivity contribution >= 4 is 11.9 Å². The van der Waals surface area contributed by atoms with Crippen molar-refractivity contribution in [1.82, 2.24) is 0 Å². The Balaban J connectivity index is 2.34. The molecule has 1 unspecified atom stereocenters. The number of alkyl halides is 3. The molecule has 0 aliphatic carbocycles. The molecule has 1 aliphatic heterocycles. The number of amides is 1. The summed E-state index contributed by atoms with van der Waals surface area (Å²) < 4.78 is 42.2. The van der Waals surface area contributed by atoms with Gasteiger partial charge in [0.15, 0.2) is 0 Å². The lowest BCUT2D eigenvalue weighted by Crippen LogP contribution is -2.32. The summed E-state index contributed by atoms with van der Waals surface area (Å²) in [5, 5.41) is 0. The summed E-state index contributed by atoms with van der Waals surface area (Å²) in [6.07, 6.45) is -4.42. The van der Waals surface area contributed by atoms with Crippen LogP contribution in [0.15, 0.2) is 29.3 Å². The van der Waals surface area contributed by atoms with Crippen LogP contribution < -0.4 is 5.73 Å². The maximum Gasteiger partial charge on any atom is 0.416 e. The number of rotatable bonds is 1. The lowest BCUT2D eigenvalue weighted by Gasteiger charge is -2.21. The van der Waals surface area contributed by atoms with Gasteiger partial charge in [0.25, 0.3) is 11.9 Å². The molecule has 1 aromatic carbocycles. The number of hydrogen-bond acceptors (Lipinski definition) is 3. The molecule has 0 aromatic heterocycles. The summed E-state index contributed by atoms with van der Waals surface area (Å²) in [4.78, 5) is 15.0. The Labute approximate surface area is 100 Å². The molecule has 0 fully saturated rings. The van der Waals surface area contributed by atoms with E-state index in [0.29, 0.717) is 0 Å². The van der Waals surface area contributed by atoms with Gasteiger partial charge in [0.05, 0.1) is 5.56 Å². The molecule has 1 heterocycles. The number of benzene rings is 1. The zero-order valence-electron chi connectivity index (χ0n) is 9.28. The van der Waals surface area contributed by atoms with Gasteiger partial charge in [0.2, 0.25) is 5.60 Å². The van der Waals surface area contributed by atoms with Crippen molar-refractivity contribution in [1.29, 1.82) is 0 Å². The highest BCUT2D eigenvalue weighted by atomic mass is 19.4. The van der Waals surface area contributed by atoms with Gasteiger partial charge in [0.1, 0.15) is 0 Å². The van der Waals surface area contributed by atoms with Crippen LogP contribution in [0.4, 0.5) is 13.2 Å². The summed E-state index contributed by atoms with van der Waals surface area (Å²) in [6, 6.07) is 3.82. The summed E-state index contributed by atoms with van der Waals surface area (Å²) in [5.74, 6) is -0.639. The molecule has 1 atom stereocenters. The molecule has 2 rings (SSSR count).